The summed E-state index contributed by atoms with van der Waals surface area (Å²) in [5.74, 6) is -1.11. The SMILES string of the molecule is CCCNC(c1cc(C)ccn1)c1c(F)cccc1F. The molecule has 1 aromatic heterocycles. The molecule has 106 valence electrons. The van der Waals surface area contributed by atoms with Crippen molar-refractivity contribution in [2.24, 2.45) is 0 Å². The molecule has 0 aliphatic rings. The van der Waals surface area contributed by atoms with Crippen molar-refractivity contribution in [2.75, 3.05) is 6.54 Å². The van der Waals surface area contributed by atoms with E-state index >= 15 is 0 Å². The highest BCUT2D eigenvalue weighted by Gasteiger charge is 2.22. The Morgan fingerprint density at radius 1 is 1.20 bits per heavy atom. The first-order valence-electron chi connectivity index (χ1n) is 6.73. The summed E-state index contributed by atoms with van der Waals surface area (Å²) in [5, 5.41) is 3.17. The molecule has 0 aliphatic heterocycles. The summed E-state index contributed by atoms with van der Waals surface area (Å²) in [4.78, 5) is 4.26. The second kappa shape index (κ2) is 6.57. The van der Waals surface area contributed by atoms with Crippen molar-refractivity contribution in [3.63, 3.8) is 0 Å². The lowest BCUT2D eigenvalue weighted by Gasteiger charge is -2.20. The van der Waals surface area contributed by atoms with Crippen LogP contribution in [0.4, 0.5) is 8.78 Å². The van der Waals surface area contributed by atoms with Gasteiger partial charge in [-0.25, -0.2) is 8.78 Å². The van der Waals surface area contributed by atoms with Crippen LogP contribution >= 0.6 is 0 Å². The molecule has 0 spiro atoms. The molecule has 2 nitrogen and oxygen atoms in total. The number of nitrogens with one attached hydrogen (secondary N) is 1. The Kier molecular flexibility index (Phi) is 4.79. The maximum atomic E-state index is 14.0. The lowest BCUT2D eigenvalue weighted by Crippen LogP contribution is -2.26. The first kappa shape index (κ1) is 14.6. The molecule has 1 unspecified atom stereocenters. The van der Waals surface area contributed by atoms with Crippen molar-refractivity contribution in [3.8, 4) is 0 Å². The Morgan fingerprint density at radius 3 is 2.50 bits per heavy atom. The van der Waals surface area contributed by atoms with Crippen LogP contribution in [0.5, 0.6) is 0 Å². The Labute approximate surface area is 117 Å². The zero-order valence-electron chi connectivity index (χ0n) is 11.7. The van der Waals surface area contributed by atoms with Gasteiger partial charge in [-0.15, -0.1) is 0 Å². The van der Waals surface area contributed by atoms with E-state index in [4.69, 9.17) is 0 Å². The highest BCUT2D eigenvalue weighted by atomic mass is 19.1. The van der Waals surface area contributed by atoms with Gasteiger partial charge < -0.3 is 5.32 Å². The summed E-state index contributed by atoms with van der Waals surface area (Å²) in [5.41, 5.74) is 1.66. The molecular weight excluding hydrogens is 258 g/mol. The van der Waals surface area contributed by atoms with Crippen LogP contribution in [0, 0.1) is 18.6 Å². The standard InChI is InChI=1S/C16H18F2N2/c1-3-8-20-16(14-10-11(2)7-9-19-14)15-12(17)5-4-6-13(15)18/h4-7,9-10,16,20H,3,8H2,1-2H3. The molecule has 4 heteroatoms. The second-order valence-corrected chi connectivity index (χ2v) is 4.78. The summed E-state index contributed by atoms with van der Waals surface area (Å²) < 4.78 is 28.0. The summed E-state index contributed by atoms with van der Waals surface area (Å²) in [6.07, 6.45) is 2.53. The van der Waals surface area contributed by atoms with Crippen LogP contribution in [-0.2, 0) is 0 Å². The highest BCUT2D eigenvalue weighted by Crippen LogP contribution is 2.26. The van der Waals surface area contributed by atoms with Crippen molar-refractivity contribution in [3.05, 3.63) is 65.0 Å². The minimum Gasteiger partial charge on any atom is -0.305 e. The average Bonchev–Trinajstić information content (AvgIpc) is 2.42. The van der Waals surface area contributed by atoms with Crippen LogP contribution in [0.3, 0.4) is 0 Å². The van der Waals surface area contributed by atoms with Gasteiger partial charge >= 0.3 is 0 Å². The molecule has 1 heterocycles. The number of halogens is 2. The Balaban J connectivity index is 2.47. The van der Waals surface area contributed by atoms with Crippen LogP contribution < -0.4 is 5.32 Å². The molecule has 20 heavy (non-hydrogen) atoms. The van der Waals surface area contributed by atoms with E-state index in [0.29, 0.717) is 12.2 Å². The third-order valence-corrected chi connectivity index (χ3v) is 3.12. The third kappa shape index (κ3) is 3.20. The molecule has 1 atom stereocenters. The number of aryl methyl sites for hydroxylation is 1. The van der Waals surface area contributed by atoms with Crippen molar-refractivity contribution in [2.45, 2.75) is 26.3 Å². The first-order valence-corrected chi connectivity index (χ1v) is 6.73. The van der Waals surface area contributed by atoms with Crippen LogP contribution in [0.25, 0.3) is 0 Å². The second-order valence-electron chi connectivity index (χ2n) is 4.78. The molecule has 2 rings (SSSR count). The van der Waals surface area contributed by atoms with Gasteiger partial charge in [-0.05, 0) is 49.7 Å². The monoisotopic (exact) mass is 276 g/mol. The van der Waals surface area contributed by atoms with Crippen LogP contribution in [-0.4, -0.2) is 11.5 Å². The number of nitrogens with zero attached hydrogens (tertiary/aromatic N) is 1. The summed E-state index contributed by atoms with van der Waals surface area (Å²) in [7, 11) is 0. The normalized spacial score (nSPS) is 12.4. The molecule has 0 aliphatic carbocycles. The largest absolute Gasteiger partial charge is 0.305 e. The van der Waals surface area contributed by atoms with Gasteiger partial charge in [-0.1, -0.05) is 13.0 Å². The maximum absolute atomic E-state index is 14.0. The van der Waals surface area contributed by atoms with Gasteiger partial charge in [0.1, 0.15) is 11.6 Å². The number of pyridine rings is 1. The summed E-state index contributed by atoms with van der Waals surface area (Å²) in [6.45, 7) is 4.60. The predicted octanol–water partition coefficient (Wildman–Crippen LogP) is 3.76. The van der Waals surface area contributed by atoms with Gasteiger partial charge in [-0.3, -0.25) is 4.98 Å². The van der Waals surface area contributed by atoms with Gasteiger partial charge in [-0.2, -0.15) is 0 Å². The molecule has 0 bridgehead atoms. The lowest BCUT2D eigenvalue weighted by atomic mass is 10.0. The zero-order valence-corrected chi connectivity index (χ0v) is 11.7. The Bertz CT molecular complexity index is 564. The van der Waals surface area contributed by atoms with Gasteiger partial charge in [0.25, 0.3) is 0 Å². The molecule has 0 fully saturated rings. The molecule has 2 aromatic rings. The quantitative estimate of drug-likeness (QED) is 0.899. The lowest BCUT2D eigenvalue weighted by molar-refractivity contribution is 0.497. The molecule has 0 amide bonds. The third-order valence-electron chi connectivity index (χ3n) is 3.12. The zero-order chi connectivity index (χ0) is 14.5. The van der Waals surface area contributed by atoms with E-state index in [1.54, 1.807) is 6.20 Å². The number of hydrogen-bond donors (Lipinski definition) is 1. The van der Waals surface area contributed by atoms with E-state index in [9.17, 15) is 8.78 Å². The van der Waals surface area contributed by atoms with Gasteiger partial charge in [0.05, 0.1) is 11.7 Å². The molecule has 0 saturated carbocycles. The van der Waals surface area contributed by atoms with Crippen LogP contribution in [0.2, 0.25) is 0 Å². The van der Waals surface area contributed by atoms with E-state index < -0.39 is 17.7 Å². The van der Waals surface area contributed by atoms with Crippen molar-refractivity contribution in [1.82, 2.24) is 10.3 Å². The van der Waals surface area contributed by atoms with Gasteiger partial charge in [0.15, 0.2) is 0 Å². The minimum atomic E-state index is -0.573. The summed E-state index contributed by atoms with van der Waals surface area (Å²) >= 11 is 0. The number of hydrogen-bond acceptors (Lipinski definition) is 2. The van der Waals surface area contributed by atoms with Crippen LogP contribution in [0.1, 0.15) is 36.2 Å². The van der Waals surface area contributed by atoms with Crippen molar-refractivity contribution >= 4 is 0 Å². The fraction of sp³-hybridized carbons (Fsp3) is 0.312. The van der Waals surface area contributed by atoms with Gasteiger partial charge in [0.2, 0.25) is 0 Å². The van der Waals surface area contributed by atoms with E-state index in [1.165, 1.54) is 18.2 Å². The maximum Gasteiger partial charge on any atom is 0.131 e. The average molecular weight is 276 g/mol. The van der Waals surface area contributed by atoms with E-state index in [0.717, 1.165) is 12.0 Å². The number of aromatic nitrogens is 1. The summed E-state index contributed by atoms with van der Waals surface area (Å²) in [6, 6.07) is 7.05. The van der Waals surface area contributed by atoms with Crippen molar-refractivity contribution in [1.29, 1.82) is 0 Å². The predicted molar refractivity (Wildman–Crippen MR) is 75.5 cm³/mol. The Morgan fingerprint density at radius 2 is 1.90 bits per heavy atom. The minimum absolute atomic E-state index is 0.0269. The molecule has 0 radical (unpaired) electrons. The Hall–Kier alpha value is -1.81. The molecule has 1 N–H and O–H groups in total. The molecular formula is C16H18F2N2. The van der Waals surface area contributed by atoms with E-state index in [2.05, 4.69) is 10.3 Å². The van der Waals surface area contributed by atoms with Crippen molar-refractivity contribution < 1.29 is 8.78 Å². The van der Waals surface area contributed by atoms with Crippen LogP contribution in [0.15, 0.2) is 36.5 Å². The fourth-order valence-corrected chi connectivity index (χ4v) is 2.15. The molecule has 1 aromatic carbocycles. The topological polar surface area (TPSA) is 24.9 Å². The smallest absolute Gasteiger partial charge is 0.131 e. The van der Waals surface area contributed by atoms with E-state index in [1.807, 2.05) is 26.0 Å². The fourth-order valence-electron chi connectivity index (χ4n) is 2.15. The van der Waals surface area contributed by atoms with E-state index in [-0.39, 0.29) is 5.56 Å². The number of rotatable bonds is 5. The number of benzene rings is 1. The van der Waals surface area contributed by atoms with Gasteiger partial charge in [0, 0.05) is 11.8 Å². The molecule has 0 saturated heterocycles. The first-order chi connectivity index (χ1) is 9.63. The highest BCUT2D eigenvalue weighted by molar-refractivity contribution is 5.31.